The number of hydrogen-bond acceptors (Lipinski definition) is 5. The lowest BCUT2D eigenvalue weighted by Gasteiger charge is -2.24. The largest absolute Gasteiger partial charge is 0.452 e. The van der Waals surface area contributed by atoms with E-state index in [9.17, 15) is 14.4 Å². The van der Waals surface area contributed by atoms with Gasteiger partial charge in [-0.3, -0.25) is 15.1 Å². The molecule has 0 saturated heterocycles. The lowest BCUT2D eigenvalue weighted by atomic mass is 9.84. The third-order valence-corrected chi connectivity index (χ3v) is 5.99. The van der Waals surface area contributed by atoms with E-state index < -0.39 is 24.5 Å². The summed E-state index contributed by atoms with van der Waals surface area (Å²) in [5, 5.41) is 5.75. The van der Waals surface area contributed by atoms with Crippen LogP contribution in [0, 0.1) is 5.92 Å². The maximum absolute atomic E-state index is 13.0. The van der Waals surface area contributed by atoms with Gasteiger partial charge in [0.15, 0.2) is 6.61 Å². The van der Waals surface area contributed by atoms with Gasteiger partial charge in [0, 0.05) is 17.1 Å². The van der Waals surface area contributed by atoms with Gasteiger partial charge in [-0.25, -0.2) is 9.59 Å². The molecule has 3 amide bonds. The van der Waals surface area contributed by atoms with Crippen molar-refractivity contribution in [3.63, 3.8) is 0 Å². The Bertz CT molecular complexity index is 982. The smallest absolute Gasteiger partial charge is 0.339 e. The number of benzene rings is 1. The molecule has 1 aromatic heterocycles. The molecule has 7 nitrogen and oxygen atoms in total. The van der Waals surface area contributed by atoms with Crippen molar-refractivity contribution in [3.05, 3.63) is 41.1 Å². The Morgan fingerprint density at radius 2 is 1.90 bits per heavy atom. The van der Waals surface area contributed by atoms with Gasteiger partial charge < -0.3 is 10.1 Å². The van der Waals surface area contributed by atoms with Crippen LogP contribution in [0.1, 0.15) is 60.6 Å². The fourth-order valence-electron chi connectivity index (χ4n) is 4.45. The van der Waals surface area contributed by atoms with Gasteiger partial charge in [-0.05, 0) is 49.7 Å². The molecule has 2 aliphatic carbocycles. The van der Waals surface area contributed by atoms with Crippen LogP contribution in [0.25, 0.3) is 10.9 Å². The average Bonchev–Trinajstić information content (AvgIpc) is 3.23. The molecular weight excluding hydrogens is 382 g/mol. The minimum Gasteiger partial charge on any atom is -0.452 e. The highest BCUT2D eigenvalue weighted by Gasteiger charge is 2.26. The molecule has 2 aromatic rings. The second-order valence-corrected chi connectivity index (χ2v) is 8.36. The van der Waals surface area contributed by atoms with Crippen molar-refractivity contribution in [3.8, 4) is 0 Å². The summed E-state index contributed by atoms with van der Waals surface area (Å²) < 4.78 is 5.31. The van der Waals surface area contributed by atoms with Crippen molar-refractivity contribution < 1.29 is 19.1 Å². The number of carbonyl (C=O) groups is 3. The normalized spacial score (nSPS) is 18.6. The summed E-state index contributed by atoms with van der Waals surface area (Å²) in [5.41, 5.74) is 3.08. The van der Waals surface area contributed by atoms with Gasteiger partial charge >= 0.3 is 12.0 Å². The van der Waals surface area contributed by atoms with Crippen molar-refractivity contribution in [2.24, 2.45) is 5.92 Å². The molecule has 4 rings (SSSR count). The molecule has 1 atom stereocenters. The highest BCUT2D eigenvalue weighted by Crippen LogP contribution is 2.32. The highest BCUT2D eigenvalue weighted by atomic mass is 16.5. The summed E-state index contributed by atoms with van der Waals surface area (Å²) in [6, 6.07) is 7.05. The molecule has 0 bridgehead atoms. The van der Waals surface area contributed by atoms with E-state index in [0.717, 1.165) is 67.1 Å². The first-order valence-electron chi connectivity index (χ1n) is 10.7. The van der Waals surface area contributed by atoms with Crippen molar-refractivity contribution in [1.29, 1.82) is 0 Å². The molecule has 0 spiro atoms. The number of aryl methyl sites for hydroxylation is 1. The lowest BCUT2D eigenvalue weighted by Crippen LogP contribution is -2.45. The van der Waals surface area contributed by atoms with Crippen molar-refractivity contribution in [1.82, 2.24) is 15.6 Å². The summed E-state index contributed by atoms with van der Waals surface area (Å²) in [5.74, 6) is -0.737. The quantitative estimate of drug-likeness (QED) is 0.756. The number of pyridine rings is 1. The number of rotatable bonds is 4. The molecule has 0 aliphatic heterocycles. The predicted molar refractivity (Wildman–Crippen MR) is 112 cm³/mol. The van der Waals surface area contributed by atoms with E-state index in [1.165, 1.54) is 0 Å². The van der Waals surface area contributed by atoms with Crippen LogP contribution in [0.2, 0.25) is 0 Å². The average molecular weight is 409 g/mol. The standard InChI is InChI=1S/C23H27N3O4/c1-14-10-11-19-17(12-14)21(16-8-4-5-9-18(16)25-19)22(28)30-13-20(27)26-23(29)24-15-6-2-3-7-15/h4-5,8-9,14-15H,2-3,6-7,10-13H2,1H3,(H2,24,26,27,29)/t14-/m1/s1. The van der Waals surface area contributed by atoms with Gasteiger partial charge in [-0.1, -0.05) is 38.0 Å². The fraction of sp³-hybridized carbons (Fsp3) is 0.478. The Morgan fingerprint density at radius 1 is 1.13 bits per heavy atom. The van der Waals surface area contributed by atoms with E-state index in [2.05, 4.69) is 17.6 Å². The first kappa shape index (κ1) is 20.3. The van der Waals surface area contributed by atoms with Crippen LogP contribution in [-0.2, 0) is 22.4 Å². The molecule has 1 aromatic carbocycles. The lowest BCUT2D eigenvalue weighted by molar-refractivity contribution is -0.123. The fourth-order valence-corrected chi connectivity index (χ4v) is 4.45. The monoisotopic (exact) mass is 409 g/mol. The van der Waals surface area contributed by atoms with Crippen LogP contribution in [-0.4, -0.2) is 35.5 Å². The summed E-state index contributed by atoms with van der Waals surface area (Å²) in [7, 11) is 0. The number of imide groups is 1. The van der Waals surface area contributed by atoms with E-state index in [-0.39, 0.29) is 6.04 Å². The number of carbonyl (C=O) groups excluding carboxylic acids is 3. The van der Waals surface area contributed by atoms with E-state index in [1.807, 2.05) is 24.3 Å². The molecule has 158 valence electrons. The third kappa shape index (κ3) is 4.45. The molecule has 0 radical (unpaired) electrons. The second-order valence-electron chi connectivity index (χ2n) is 8.36. The number of para-hydroxylation sites is 1. The topological polar surface area (TPSA) is 97.4 Å². The first-order chi connectivity index (χ1) is 14.5. The minimum absolute atomic E-state index is 0.108. The summed E-state index contributed by atoms with van der Waals surface area (Å²) in [6.45, 7) is 1.65. The maximum Gasteiger partial charge on any atom is 0.339 e. The van der Waals surface area contributed by atoms with E-state index in [0.29, 0.717) is 11.5 Å². The van der Waals surface area contributed by atoms with Crippen LogP contribution in [0.3, 0.4) is 0 Å². The SMILES string of the molecule is C[C@@H]1CCc2nc3ccccc3c(C(=O)OCC(=O)NC(=O)NC3CCCC3)c2C1. The van der Waals surface area contributed by atoms with Crippen molar-refractivity contribution >= 4 is 28.8 Å². The van der Waals surface area contributed by atoms with Gasteiger partial charge in [0.05, 0.1) is 11.1 Å². The van der Waals surface area contributed by atoms with Gasteiger partial charge in [0.2, 0.25) is 0 Å². The maximum atomic E-state index is 13.0. The first-order valence-corrected chi connectivity index (χ1v) is 10.7. The minimum atomic E-state index is -0.639. The van der Waals surface area contributed by atoms with E-state index in [1.54, 1.807) is 0 Å². The second kappa shape index (κ2) is 8.81. The number of fused-ring (bicyclic) bond motifs is 2. The number of esters is 1. The molecule has 1 heterocycles. The van der Waals surface area contributed by atoms with Crippen molar-refractivity contribution in [2.75, 3.05) is 6.61 Å². The number of urea groups is 1. The van der Waals surface area contributed by atoms with Crippen LogP contribution < -0.4 is 10.6 Å². The van der Waals surface area contributed by atoms with Crippen LogP contribution >= 0.6 is 0 Å². The molecule has 7 heteroatoms. The van der Waals surface area contributed by atoms with Crippen molar-refractivity contribution in [2.45, 2.75) is 57.9 Å². The van der Waals surface area contributed by atoms with Crippen LogP contribution in [0.5, 0.6) is 0 Å². The van der Waals surface area contributed by atoms with Crippen LogP contribution in [0.4, 0.5) is 4.79 Å². The number of ether oxygens (including phenoxy) is 1. The number of nitrogens with zero attached hydrogens (tertiary/aromatic N) is 1. The third-order valence-electron chi connectivity index (χ3n) is 5.99. The number of amides is 3. The molecule has 2 aliphatic rings. The van der Waals surface area contributed by atoms with Gasteiger partial charge in [0.25, 0.3) is 5.91 Å². The van der Waals surface area contributed by atoms with E-state index >= 15 is 0 Å². The van der Waals surface area contributed by atoms with Gasteiger partial charge in [0.1, 0.15) is 0 Å². The number of aromatic nitrogens is 1. The zero-order valence-electron chi connectivity index (χ0n) is 17.2. The number of nitrogens with one attached hydrogen (secondary N) is 2. The Labute approximate surface area is 175 Å². The molecular formula is C23H27N3O4. The zero-order valence-corrected chi connectivity index (χ0v) is 17.2. The molecule has 1 fully saturated rings. The Hall–Kier alpha value is -2.96. The highest BCUT2D eigenvalue weighted by molar-refractivity contribution is 6.06. The Balaban J connectivity index is 1.46. The van der Waals surface area contributed by atoms with E-state index in [4.69, 9.17) is 9.72 Å². The summed E-state index contributed by atoms with van der Waals surface area (Å²) >= 11 is 0. The molecule has 30 heavy (non-hydrogen) atoms. The molecule has 0 unspecified atom stereocenters. The Kier molecular flexibility index (Phi) is 5.97. The Morgan fingerprint density at radius 3 is 2.70 bits per heavy atom. The van der Waals surface area contributed by atoms with Gasteiger partial charge in [-0.2, -0.15) is 0 Å². The zero-order chi connectivity index (χ0) is 21.1. The molecule has 1 saturated carbocycles. The summed E-state index contributed by atoms with van der Waals surface area (Å²) in [6.07, 6.45) is 6.63. The van der Waals surface area contributed by atoms with Gasteiger partial charge in [-0.15, -0.1) is 0 Å². The molecule has 2 N–H and O–H groups in total. The van der Waals surface area contributed by atoms with Crippen LogP contribution in [0.15, 0.2) is 24.3 Å². The summed E-state index contributed by atoms with van der Waals surface area (Å²) in [4.78, 5) is 41.8. The predicted octanol–water partition coefficient (Wildman–Crippen LogP) is 3.28. The number of hydrogen-bond donors (Lipinski definition) is 2.